The lowest BCUT2D eigenvalue weighted by Gasteiger charge is -2.41. The van der Waals surface area contributed by atoms with E-state index in [-0.39, 0.29) is 23.6 Å². The maximum absolute atomic E-state index is 11.2. The molecular formula is C7H7NO4S. The first-order valence-corrected chi connectivity index (χ1v) is 4.64. The topological polar surface area (TPSA) is 77.8 Å². The molecule has 0 aromatic heterocycles. The van der Waals surface area contributed by atoms with Gasteiger partial charge in [0.05, 0.1) is 12.5 Å². The average Bonchev–Trinajstić information content (AvgIpc) is 2.45. The van der Waals surface area contributed by atoms with E-state index in [1.807, 2.05) is 0 Å². The maximum atomic E-state index is 11.2. The highest BCUT2D eigenvalue weighted by Crippen LogP contribution is 2.44. The highest BCUT2D eigenvalue weighted by atomic mass is 32.2. The molecule has 0 aromatic carbocycles. The summed E-state index contributed by atoms with van der Waals surface area (Å²) >= 11 is 1.27. The molecule has 2 aliphatic heterocycles. The molecule has 2 rings (SSSR count). The van der Waals surface area contributed by atoms with E-state index in [1.54, 1.807) is 0 Å². The molecule has 1 amide bonds. The van der Waals surface area contributed by atoms with Crippen molar-refractivity contribution in [3.8, 4) is 0 Å². The van der Waals surface area contributed by atoms with Gasteiger partial charge in [-0.1, -0.05) is 0 Å². The third-order valence-electron chi connectivity index (χ3n) is 2.15. The number of thioether (sulfide) groups is 1. The molecule has 0 bridgehead atoms. The fourth-order valence-electron chi connectivity index (χ4n) is 1.45. The van der Waals surface area contributed by atoms with Crippen LogP contribution in [0.4, 0.5) is 0 Å². The number of nitrogens with zero attached hydrogens (tertiary/aromatic N) is 1. The molecule has 0 spiro atoms. The molecule has 13 heavy (non-hydrogen) atoms. The van der Waals surface area contributed by atoms with Crippen molar-refractivity contribution < 1.29 is 19.8 Å². The third-order valence-corrected chi connectivity index (χ3v) is 3.33. The predicted octanol–water partition coefficient (Wildman–Crippen LogP) is -0.564. The molecule has 6 heteroatoms. The quantitative estimate of drug-likeness (QED) is 0.585. The summed E-state index contributed by atoms with van der Waals surface area (Å²) in [5.41, 5.74) is 0.0182. The van der Waals surface area contributed by atoms with Crippen molar-refractivity contribution >= 4 is 23.6 Å². The van der Waals surface area contributed by atoms with Crippen molar-refractivity contribution in [2.24, 2.45) is 5.92 Å². The summed E-state index contributed by atoms with van der Waals surface area (Å²) in [6.45, 7) is -0.215. The van der Waals surface area contributed by atoms with Gasteiger partial charge in [0.25, 0.3) is 0 Å². The zero-order valence-electron chi connectivity index (χ0n) is 6.51. The predicted molar refractivity (Wildman–Crippen MR) is 44.5 cm³/mol. The van der Waals surface area contributed by atoms with Crippen LogP contribution in [0.25, 0.3) is 0 Å². The zero-order valence-corrected chi connectivity index (χ0v) is 7.32. The number of amides is 1. The molecule has 2 N–H and O–H groups in total. The normalized spacial score (nSPS) is 31.0. The molecule has 2 heterocycles. The van der Waals surface area contributed by atoms with Gasteiger partial charge in [0, 0.05) is 5.41 Å². The van der Waals surface area contributed by atoms with E-state index in [9.17, 15) is 9.59 Å². The Morgan fingerprint density at radius 2 is 2.38 bits per heavy atom. The smallest absolute Gasteiger partial charge is 0.353 e. The third kappa shape index (κ3) is 0.988. The lowest BCUT2D eigenvalue weighted by atomic mass is 9.99. The molecule has 0 radical (unpaired) electrons. The van der Waals surface area contributed by atoms with E-state index >= 15 is 0 Å². The molecule has 1 saturated heterocycles. The monoisotopic (exact) mass is 201 g/mol. The number of aliphatic carboxylic acids is 1. The van der Waals surface area contributed by atoms with Crippen LogP contribution >= 0.6 is 11.8 Å². The van der Waals surface area contributed by atoms with E-state index in [0.29, 0.717) is 0 Å². The van der Waals surface area contributed by atoms with Crippen molar-refractivity contribution in [2.45, 2.75) is 5.37 Å². The average molecular weight is 201 g/mol. The fourth-order valence-corrected chi connectivity index (χ4v) is 2.66. The Morgan fingerprint density at radius 1 is 1.69 bits per heavy atom. The van der Waals surface area contributed by atoms with Gasteiger partial charge in [-0.2, -0.15) is 0 Å². The van der Waals surface area contributed by atoms with Crippen molar-refractivity contribution in [1.29, 1.82) is 0 Å². The van der Waals surface area contributed by atoms with Crippen LogP contribution in [0.3, 0.4) is 0 Å². The summed E-state index contributed by atoms with van der Waals surface area (Å²) in [6, 6.07) is 0. The Hall–Kier alpha value is -1.01. The fraction of sp³-hybridized carbons (Fsp3) is 0.429. The number of carbonyl (C=O) groups is 2. The number of aliphatic hydroxyl groups is 1. The Morgan fingerprint density at radius 3 is 2.92 bits per heavy atom. The minimum atomic E-state index is -1.10. The highest BCUT2D eigenvalue weighted by Gasteiger charge is 2.53. The maximum Gasteiger partial charge on any atom is 0.353 e. The van der Waals surface area contributed by atoms with Crippen LogP contribution < -0.4 is 0 Å². The largest absolute Gasteiger partial charge is 0.477 e. The molecule has 0 aliphatic carbocycles. The number of fused-ring (bicyclic) bond motifs is 1. The first-order valence-electron chi connectivity index (χ1n) is 3.69. The van der Waals surface area contributed by atoms with Gasteiger partial charge >= 0.3 is 5.97 Å². The first-order chi connectivity index (χ1) is 6.16. The van der Waals surface area contributed by atoms with Gasteiger partial charge in [0.1, 0.15) is 11.1 Å². The molecule has 2 atom stereocenters. The number of carbonyl (C=O) groups excluding carboxylic acids is 1. The van der Waals surface area contributed by atoms with Gasteiger partial charge in [-0.3, -0.25) is 9.69 Å². The minimum Gasteiger partial charge on any atom is -0.477 e. The molecule has 5 nitrogen and oxygen atoms in total. The van der Waals surface area contributed by atoms with Gasteiger partial charge in [0.2, 0.25) is 5.91 Å². The van der Waals surface area contributed by atoms with Crippen LogP contribution in [-0.4, -0.2) is 39.0 Å². The van der Waals surface area contributed by atoms with Crippen molar-refractivity contribution in [1.82, 2.24) is 4.90 Å². The van der Waals surface area contributed by atoms with Crippen molar-refractivity contribution in [3.63, 3.8) is 0 Å². The number of hydrogen-bond donors (Lipinski definition) is 2. The van der Waals surface area contributed by atoms with Crippen LogP contribution in [0.5, 0.6) is 0 Å². The summed E-state index contributed by atoms with van der Waals surface area (Å²) in [7, 11) is 0. The lowest BCUT2D eigenvalue weighted by Crippen LogP contribution is -2.58. The van der Waals surface area contributed by atoms with Crippen LogP contribution in [0.1, 0.15) is 0 Å². The summed E-state index contributed by atoms with van der Waals surface area (Å²) in [5.74, 6) is -1.83. The van der Waals surface area contributed by atoms with Gasteiger partial charge < -0.3 is 10.2 Å². The number of aliphatic hydroxyl groups excluding tert-OH is 1. The molecule has 0 saturated carbocycles. The van der Waals surface area contributed by atoms with Crippen LogP contribution in [-0.2, 0) is 9.59 Å². The van der Waals surface area contributed by atoms with Crippen LogP contribution in [0.2, 0.25) is 0 Å². The molecule has 0 aromatic rings. The van der Waals surface area contributed by atoms with Crippen LogP contribution in [0, 0.1) is 5.92 Å². The SMILES string of the molecule is O=C(O)C1=CS[C@@H]2[C@H](CO)C(=O)N12. The molecule has 70 valence electrons. The number of carboxylic acid groups (broad SMARTS) is 1. The summed E-state index contributed by atoms with van der Waals surface area (Å²) < 4.78 is 0. The molecule has 1 fully saturated rings. The standard InChI is InChI=1S/C7H7NO4S/c9-1-3-5(10)8-4(7(11)12)2-13-6(3)8/h2-3,6,9H,1H2,(H,11,12)/t3-,6-/m1/s1. The zero-order chi connectivity index (χ0) is 9.59. The van der Waals surface area contributed by atoms with E-state index in [4.69, 9.17) is 10.2 Å². The van der Waals surface area contributed by atoms with Crippen molar-refractivity contribution in [3.05, 3.63) is 11.1 Å². The number of β-lactam (4-membered cyclic amide) rings is 1. The number of rotatable bonds is 2. The second-order valence-corrected chi connectivity index (χ2v) is 3.82. The van der Waals surface area contributed by atoms with E-state index in [2.05, 4.69) is 0 Å². The second kappa shape index (κ2) is 2.74. The van der Waals surface area contributed by atoms with E-state index < -0.39 is 11.9 Å². The summed E-state index contributed by atoms with van der Waals surface area (Å²) in [5, 5.41) is 18.7. The van der Waals surface area contributed by atoms with E-state index in [0.717, 1.165) is 0 Å². The first kappa shape index (κ1) is 8.58. The minimum absolute atomic E-state index is 0.0182. The molecular weight excluding hydrogens is 194 g/mol. The summed E-state index contributed by atoms with van der Waals surface area (Å²) in [4.78, 5) is 23.0. The van der Waals surface area contributed by atoms with Crippen LogP contribution in [0.15, 0.2) is 11.1 Å². The Kier molecular flexibility index (Phi) is 1.81. The Balaban J connectivity index is 2.18. The van der Waals surface area contributed by atoms with Gasteiger partial charge in [0.15, 0.2) is 0 Å². The lowest BCUT2D eigenvalue weighted by molar-refractivity contribution is -0.153. The van der Waals surface area contributed by atoms with Gasteiger partial charge in [-0.05, 0) is 0 Å². The van der Waals surface area contributed by atoms with Crippen molar-refractivity contribution in [2.75, 3.05) is 6.61 Å². The molecule has 2 aliphatic rings. The molecule has 0 unspecified atom stereocenters. The summed E-state index contributed by atoms with van der Waals surface area (Å²) in [6.07, 6.45) is 0. The van der Waals surface area contributed by atoms with E-state index in [1.165, 1.54) is 22.1 Å². The number of carboxylic acids is 1. The van der Waals surface area contributed by atoms with Gasteiger partial charge in [-0.15, -0.1) is 11.8 Å². The number of hydrogen-bond acceptors (Lipinski definition) is 4. The highest BCUT2D eigenvalue weighted by molar-refractivity contribution is 8.03. The Bertz CT molecular complexity index is 314. The second-order valence-electron chi connectivity index (χ2n) is 2.83. The van der Waals surface area contributed by atoms with Gasteiger partial charge in [-0.25, -0.2) is 4.79 Å². The Labute approximate surface area is 78.0 Å².